The summed E-state index contributed by atoms with van der Waals surface area (Å²) in [4.78, 5) is 0.781. The minimum atomic E-state index is -3.24. The van der Waals surface area contributed by atoms with Gasteiger partial charge in [-0.15, -0.1) is 0 Å². The molecule has 0 aliphatic carbocycles. The summed E-state index contributed by atoms with van der Waals surface area (Å²) in [7, 11) is -6.49. The van der Waals surface area contributed by atoms with Crippen LogP contribution in [0.4, 0.5) is 0 Å². The molecule has 8 heteroatoms. The molecule has 166 valence electrons. The lowest BCUT2D eigenvalue weighted by atomic mass is 10.2. The van der Waals surface area contributed by atoms with E-state index in [0.29, 0.717) is 39.6 Å². The summed E-state index contributed by atoms with van der Waals surface area (Å²) in [6, 6.07) is 0. The predicted molar refractivity (Wildman–Crippen MR) is 118 cm³/mol. The fourth-order valence-corrected chi connectivity index (χ4v) is 9.94. The molecule has 28 heavy (non-hydrogen) atoms. The third-order valence-electron chi connectivity index (χ3n) is 3.79. The minimum Gasteiger partial charge on any atom is -0.371 e. The normalized spacial score (nSPS) is 12.7. The Morgan fingerprint density at radius 2 is 0.964 bits per heavy atom. The SMILES string of the molecule is CCCCC=CC=C([Si](OCC)(OCC)OCC)[Si](OCC)(OCC)OCC. The Kier molecular flexibility index (Phi) is 16.3. The van der Waals surface area contributed by atoms with Gasteiger partial charge in [-0.3, -0.25) is 0 Å². The highest BCUT2D eigenvalue weighted by molar-refractivity contribution is 6.91. The molecular formula is C20H42O6Si2. The van der Waals surface area contributed by atoms with Crippen molar-refractivity contribution in [1.82, 2.24) is 0 Å². The maximum atomic E-state index is 6.18. The van der Waals surface area contributed by atoms with Crippen LogP contribution in [-0.2, 0) is 26.6 Å². The second kappa shape index (κ2) is 16.5. The molecule has 0 aliphatic rings. The van der Waals surface area contributed by atoms with Gasteiger partial charge in [0.25, 0.3) is 0 Å². The fraction of sp³-hybridized carbons (Fsp3) is 0.800. The van der Waals surface area contributed by atoms with Crippen molar-refractivity contribution in [3.05, 3.63) is 23.0 Å². The van der Waals surface area contributed by atoms with E-state index < -0.39 is 17.6 Å². The van der Waals surface area contributed by atoms with Crippen molar-refractivity contribution in [2.75, 3.05) is 39.6 Å². The first-order chi connectivity index (χ1) is 13.6. The topological polar surface area (TPSA) is 55.4 Å². The van der Waals surface area contributed by atoms with Crippen molar-refractivity contribution in [3.63, 3.8) is 0 Å². The van der Waals surface area contributed by atoms with Crippen LogP contribution in [0.1, 0.15) is 67.7 Å². The second-order valence-corrected chi connectivity index (χ2v) is 11.4. The van der Waals surface area contributed by atoms with Crippen molar-refractivity contribution in [2.45, 2.75) is 67.7 Å². The van der Waals surface area contributed by atoms with Crippen molar-refractivity contribution in [3.8, 4) is 0 Å². The number of hydrogen-bond acceptors (Lipinski definition) is 6. The molecule has 0 spiro atoms. The van der Waals surface area contributed by atoms with Gasteiger partial charge < -0.3 is 26.6 Å². The van der Waals surface area contributed by atoms with Crippen LogP contribution in [0.15, 0.2) is 23.0 Å². The van der Waals surface area contributed by atoms with Gasteiger partial charge in [-0.25, -0.2) is 0 Å². The summed E-state index contributed by atoms with van der Waals surface area (Å²) in [5.74, 6) is 0. The van der Waals surface area contributed by atoms with Gasteiger partial charge in [0.15, 0.2) is 0 Å². The molecule has 0 saturated heterocycles. The highest BCUT2D eigenvalue weighted by atomic mass is 28.5. The molecule has 0 fully saturated rings. The average molecular weight is 435 g/mol. The molecule has 0 aromatic rings. The van der Waals surface area contributed by atoms with Gasteiger partial charge in [0, 0.05) is 39.6 Å². The van der Waals surface area contributed by atoms with E-state index in [1.165, 1.54) is 0 Å². The van der Waals surface area contributed by atoms with Crippen LogP contribution in [-0.4, -0.2) is 57.3 Å². The van der Waals surface area contributed by atoms with Crippen molar-refractivity contribution >= 4 is 17.6 Å². The largest absolute Gasteiger partial charge is 0.536 e. The third-order valence-corrected chi connectivity index (χ3v) is 11.3. The van der Waals surface area contributed by atoms with Gasteiger partial charge in [-0.1, -0.05) is 38.0 Å². The first kappa shape index (κ1) is 27.7. The zero-order valence-corrected chi connectivity index (χ0v) is 21.0. The van der Waals surface area contributed by atoms with Crippen LogP contribution >= 0.6 is 0 Å². The molecule has 0 N–H and O–H groups in total. The van der Waals surface area contributed by atoms with Crippen LogP contribution in [0.3, 0.4) is 0 Å². The molecule has 0 radical (unpaired) electrons. The van der Waals surface area contributed by atoms with Crippen molar-refractivity contribution in [2.24, 2.45) is 0 Å². The Bertz CT molecular complexity index is 380. The molecule has 6 nitrogen and oxygen atoms in total. The smallest absolute Gasteiger partial charge is 0.371 e. The first-order valence-corrected chi connectivity index (χ1v) is 14.2. The van der Waals surface area contributed by atoms with Gasteiger partial charge >= 0.3 is 17.6 Å². The zero-order valence-electron chi connectivity index (χ0n) is 19.0. The Hall–Kier alpha value is -0.326. The summed E-state index contributed by atoms with van der Waals surface area (Å²) < 4.78 is 37.1. The number of rotatable bonds is 18. The third kappa shape index (κ3) is 8.58. The molecule has 0 aromatic heterocycles. The standard InChI is InChI=1S/C20H42O6Si2/c1-8-15-16-17-18-19-20(27(21-9-2,22-10-3)23-11-4)28(24-12-5,25-13-6)26-14-7/h17-19H,8-16H2,1-7H3. The molecule has 0 amide bonds. The van der Waals surface area contributed by atoms with E-state index in [2.05, 4.69) is 13.0 Å². The van der Waals surface area contributed by atoms with E-state index in [0.717, 1.165) is 24.1 Å². The average Bonchev–Trinajstić information content (AvgIpc) is 2.65. The molecule has 0 atom stereocenters. The Labute approximate surface area is 174 Å². The molecule has 0 aliphatic heterocycles. The van der Waals surface area contributed by atoms with Crippen molar-refractivity contribution < 1.29 is 26.6 Å². The van der Waals surface area contributed by atoms with Gasteiger partial charge in [0.1, 0.15) is 0 Å². The zero-order chi connectivity index (χ0) is 21.3. The predicted octanol–water partition coefficient (Wildman–Crippen LogP) is 4.83. The van der Waals surface area contributed by atoms with Gasteiger partial charge in [-0.2, -0.15) is 0 Å². The molecule has 0 unspecified atom stereocenters. The van der Waals surface area contributed by atoms with Crippen LogP contribution in [0.25, 0.3) is 0 Å². The van der Waals surface area contributed by atoms with E-state index in [4.69, 9.17) is 26.6 Å². The fourth-order valence-electron chi connectivity index (χ4n) is 2.83. The van der Waals surface area contributed by atoms with Gasteiger partial charge in [0.05, 0.1) is 4.82 Å². The molecular weight excluding hydrogens is 392 g/mol. The summed E-state index contributed by atoms with van der Waals surface area (Å²) in [6.45, 7) is 16.7. The van der Waals surface area contributed by atoms with Crippen LogP contribution < -0.4 is 0 Å². The number of allylic oxidation sites excluding steroid dienone is 3. The summed E-state index contributed by atoms with van der Waals surface area (Å²) in [5.41, 5.74) is 0. The van der Waals surface area contributed by atoms with E-state index in [1.54, 1.807) is 0 Å². The summed E-state index contributed by atoms with van der Waals surface area (Å²) in [6.07, 6.45) is 9.49. The first-order valence-electron chi connectivity index (χ1n) is 10.8. The maximum Gasteiger partial charge on any atom is 0.536 e. The van der Waals surface area contributed by atoms with Crippen LogP contribution in [0.2, 0.25) is 0 Å². The molecule has 0 saturated carbocycles. The Morgan fingerprint density at radius 1 is 0.607 bits per heavy atom. The molecule has 0 rings (SSSR count). The lowest BCUT2D eigenvalue weighted by Crippen LogP contribution is -2.62. The maximum absolute atomic E-state index is 6.18. The molecule has 0 heterocycles. The highest BCUT2D eigenvalue weighted by Gasteiger charge is 2.61. The van der Waals surface area contributed by atoms with Crippen LogP contribution in [0.5, 0.6) is 0 Å². The Morgan fingerprint density at radius 3 is 1.25 bits per heavy atom. The molecule has 0 bridgehead atoms. The lowest BCUT2D eigenvalue weighted by Gasteiger charge is -2.38. The monoisotopic (exact) mass is 434 g/mol. The lowest BCUT2D eigenvalue weighted by molar-refractivity contribution is 0.0603. The second-order valence-electron chi connectivity index (χ2n) is 5.86. The van der Waals surface area contributed by atoms with Crippen molar-refractivity contribution in [1.29, 1.82) is 0 Å². The van der Waals surface area contributed by atoms with E-state index in [-0.39, 0.29) is 0 Å². The minimum absolute atomic E-state index is 0.470. The van der Waals surface area contributed by atoms with Crippen LogP contribution in [0, 0.1) is 0 Å². The Balaban J connectivity index is 6.42. The summed E-state index contributed by atoms with van der Waals surface area (Å²) in [5, 5.41) is 0. The van der Waals surface area contributed by atoms with E-state index in [9.17, 15) is 0 Å². The quantitative estimate of drug-likeness (QED) is 0.175. The van der Waals surface area contributed by atoms with E-state index in [1.807, 2.05) is 53.7 Å². The molecule has 0 aromatic carbocycles. The summed E-state index contributed by atoms with van der Waals surface area (Å²) >= 11 is 0. The van der Waals surface area contributed by atoms with E-state index >= 15 is 0 Å². The number of unbranched alkanes of at least 4 members (excludes halogenated alkanes) is 2. The van der Waals surface area contributed by atoms with Gasteiger partial charge in [0.2, 0.25) is 0 Å². The highest BCUT2D eigenvalue weighted by Crippen LogP contribution is 2.32. The number of hydrogen-bond donors (Lipinski definition) is 0. The van der Waals surface area contributed by atoms with Gasteiger partial charge in [-0.05, 0) is 48.0 Å².